The van der Waals surface area contributed by atoms with Gasteiger partial charge >= 0.3 is 11.9 Å². The maximum atomic E-state index is 11.5. The van der Waals surface area contributed by atoms with Crippen molar-refractivity contribution in [2.24, 2.45) is 11.8 Å². The zero-order valence-corrected chi connectivity index (χ0v) is 11.4. The minimum Gasteiger partial charge on any atom is -0.465 e. The van der Waals surface area contributed by atoms with E-state index in [-0.39, 0.29) is 19.1 Å². The number of rotatable bonds is 6. The molecule has 0 aromatic carbocycles. The van der Waals surface area contributed by atoms with Crippen LogP contribution in [-0.4, -0.2) is 29.6 Å². The molecule has 0 fully saturated rings. The first kappa shape index (κ1) is 14.7. The zero-order chi connectivity index (χ0) is 11.8. The van der Waals surface area contributed by atoms with E-state index in [0.717, 1.165) is 0 Å². The van der Waals surface area contributed by atoms with E-state index in [1.807, 2.05) is 6.92 Å². The number of ether oxygens (including phenoxy) is 2. The summed E-state index contributed by atoms with van der Waals surface area (Å²) in [5, 5.41) is 0. The number of halogens is 1. The van der Waals surface area contributed by atoms with Gasteiger partial charge in [-0.2, -0.15) is 0 Å². The second kappa shape index (κ2) is 7.90. The molecule has 0 aliphatic rings. The van der Waals surface area contributed by atoms with Crippen LogP contribution in [0.15, 0.2) is 0 Å². The minimum atomic E-state index is -0.790. The van der Waals surface area contributed by atoms with E-state index in [2.05, 4.69) is 22.6 Å². The SMILES string of the molecule is CCOC(=O)C(C(=O)OCC)C(C)CI. The van der Waals surface area contributed by atoms with Crippen molar-refractivity contribution in [3.05, 3.63) is 0 Å². The van der Waals surface area contributed by atoms with Crippen LogP contribution >= 0.6 is 22.6 Å². The maximum Gasteiger partial charge on any atom is 0.320 e. The molecule has 5 heteroatoms. The summed E-state index contributed by atoms with van der Waals surface area (Å²) in [5.74, 6) is -1.83. The van der Waals surface area contributed by atoms with Crippen LogP contribution < -0.4 is 0 Å². The Balaban J connectivity index is 4.56. The Labute approximate surface area is 104 Å². The molecule has 1 atom stereocenters. The van der Waals surface area contributed by atoms with Crippen molar-refractivity contribution in [1.29, 1.82) is 0 Å². The van der Waals surface area contributed by atoms with Crippen LogP contribution in [0.4, 0.5) is 0 Å². The van der Waals surface area contributed by atoms with E-state index in [9.17, 15) is 9.59 Å². The van der Waals surface area contributed by atoms with E-state index in [4.69, 9.17) is 9.47 Å². The number of esters is 2. The van der Waals surface area contributed by atoms with E-state index >= 15 is 0 Å². The molecular weight excluding hydrogens is 311 g/mol. The van der Waals surface area contributed by atoms with Gasteiger partial charge in [0.2, 0.25) is 0 Å². The lowest BCUT2D eigenvalue weighted by Gasteiger charge is -2.18. The summed E-state index contributed by atoms with van der Waals surface area (Å²) in [7, 11) is 0. The molecule has 1 unspecified atom stereocenters. The normalized spacial score (nSPS) is 12.3. The number of hydrogen-bond acceptors (Lipinski definition) is 4. The van der Waals surface area contributed by atoms with E-state index < -0.39 is 17.9 Å². The van der Waals surface area contributed by atoms with Crippen molar-refractivity contribution in [3.63, 3.8) is 0 Å². The summed E-state index contributed by atoms with van der Waals surface area (Å²) in [4.78, 5) is 23.1. The molecule has 0 N–H and O–H groups in total. The summed E-state index contributed by atoms with van der Waals surface area (Å²) in [6, 6.07) is 0. The highest BCUT2D eigenvalue weighted by atomic mass is 127. The maximum absolute atomic E-state index is 11.5. The second-order valence-corrected chi connectivity index (χ2v) is 3.99. The summed E-state index contributed by atoms with van der Waals surface area (Å²) in [6.45, 7) is 5.83. The zero-order valence-electron chi connectivity index (χ0n) is 9.29. The van der Waals surface area contributed by atoms with Crippen molar-refractivity contribution in [1.82, 2.24) is 0 Å². The predicted molar refractivity (Wildman–Crippen MR) is 64.8 cm³/mol. The monoisotopic (exact) mass is 328 g/mol. The molecule has 0 aromatic rings. The molecule has 0 spiro atoms. The number of alkyl halides is 1. The van der Waals surface area contributed by atoms with Crippen molar-refractivity contribution in [3.8, 4) is 0 Å². The van der Waals surface area contributed by atoms with Gasteiger partial charge in [0.05, 0.1) is 13.2 Å². The standard InChI is InChI=1S/C10H17IO4/c1-4-14-9(12)8(7(3)6-11)10(13)15-5-2/h7-8H,4-6H2,1-3H3. The average Bonchev–Trinajstić information content (AvgIpc) is 2.18. The van der Waals surface area contributed by atoms with E-state index in [1.165, 1.54) is 0 Å². The van der Waals surface area contributed by atoms with Crippen molar-refractivity contribution >= 4 is 34.5 Å². The first-order valence-electron chi connectivity index (χ1n) is 4.97. The Hall–Kier alpha value is -0.330. The first-order valence-corrected chi connectivity index (χ1v) is 6.50. The molecule has 0 saturated heterocycles. The van der Waals surface area contributed by atoms with Crippen molar-refractivity contribution in [2.75, 3.05) is 17.6 Å². The first-order chi connectivity index (χ1) is 7.08. The molecule has 15 heavy (non-hydrogen) atoms. The second-order valence-electron chi connectivity index (χ2n) is 3.11. The summed E-state index contributed by atoms with van der Waals surface area (Å²) in [5.41, 5.74) is 0. The van der Waals surface area contributed by atoms with Gasteiger partial charge < -0.3 is 9.47 Å². The average molecular weight is 328 g/mol. The molecule has 0 amide bonds. The lowest BCUT2D eigenvalue weighted by molar-refractivity contribution is -0.163. The van der Waals surface area contributed by atoms with Gasteiger partial charge in [0.25, 0.3) is 0 Å². The Bertz CT molecular complexity index is 199. The summed E-state index contributed by atoms with van der Waals surface area (Å²) >= 11 is 2.14. The quantitative estimate of drug-likeness (QED) is 0.323. The highest BCUT2D eigenvalue weighted by molar-refractivity contribution is 14.1. The molecule has 0 bridgehead atoms. The highest BCUT2D eigenvalue weighted by Gasteiger charge is 2.34. The van der Waals surface area contributed by atoms with Crippen LogP contribution in [0.2, 0.25) is 0 Å². The largest absolute Gasteiger partial charge is 0.465 e. The van der Waals surface area contributed by atoms with Gasteiger partial charge in [0.1, 0.15) is 0 Å². The third-order valence-electron chi connectivity index (χ3n) is 1.89. The van der Waals surface area contributed by atoms with Crippen LogP contribution in [0.1, 0.15) is 20.8 Å². The van der Waals surface area contributed by atoms with Crippen LogP contribution in [-0.2, 0) is 19.1 Å². The van der Waals surface area contributed by atoms with Gasteiger partial charge in [0, 0.05) is 4.43 Å². The number of carbonyl (C=O) groups excluding carboxylic acids is 2. The van der Waals surface area contributed by atoms with Gasteiger partial charge in [0.15, 0.2) is 5.92 Å². The molecule has 4 nitrogen and oxygen atoms in total. The third kappa shape index (κ3) is 4.81. The van der Waals surface area contributed by atoms with Crippen molar-refractivity contribution in [2.45, 2.75) is 20.8 Å². The van der Waals surface area contributed by atoms with Crippen LogP contribution in [0, 0.1) is 11.8 Å². The lowest BCUT2D eigenvalue weighted by atomic mass is 9.96. The summed E-state index contributed by atoms with van der Waals surface area (Å²) < 4.78 is 10.4. The van der Waals surface area contributed by atoms with Gasteiger partial charge in [-0.05, 0) is 19.8 Å². The Morgan fingerprint density at radius 1 is 1.13 bits per heavy atom. The molecule has 0 radical (unpaired) electrons. The van der Waals surface area contributed by atoms with E-state index in [1.54, 1.807) is 13.8 Å². The van der Waals surface area contributed by atoms with Gasteiger partial charge in [-0.15, -0.1) is 0 Å². The molecule has 0 aliphatic heterocycles. The fraction of sp³-hybridized carbons (Fsp3) is 0.800. The molecule has 0 saturated carbocycles. The molecule has 0 aliphatic carbocycles. The Morgan fingerprint density at radius 3 is 1.80 bits per heavy atom. The topological polar surface area (TPSA) is 52.6 Å². The van der Waals surface area contributed by atoms with Crippen molar-refractivity contribution < 1.29 is 19.1 Å². The Morgan fingerprint density at radius 2 is 1.53 bits per heavy atom. The number of carbonyl (C=O) groups is 2. The third-order valence-corrected chi connectivity index (χ3v) is 3.28. The molecule has 0 heterocycles. The molecule has 0 rings (SSSR count). The van der Waals surface area contributed by atoms with Crippen LogP contribution in [0.5, 0.6) is 0 Å². The smallest absolute Gasteiger partial charge is 0.320 e. The fourth-order valence-electron chi connectivity index (χ4n) is 1.11. The Kier molecular flexibility index (Phi) is 7.72. The van der Waals surface area contributed by atoms with Gasteiger partial charge in [-0.25, -0.2) is 0 Å². The fourth-order valence-corrected chi connectivity index (χ4v) is 1.62. The molecule has 0 aromatic heterocycles. The summed E-state index contributed by atoms with van der Waals surface area (Å²) in [6.07, 6.45) is 0. The van der Waals surface area contributed by atoms with E-state index in [0.29, 0.717) is 4.43 Å². The predicted octanol–water partition coefficient (Wildman–Crippen LogP) is 1.80. The lowest BCUT2D eigenvalue weighted by Crippen LogP contribution is -2.34. The van der Waals surface area contributed by atoms with Gasteiger partial charge in [-0.1, -0.05) is 29.5 Å². The van der Waals surface area contributed by atoms with Crippen LogP contribution in [0.3, 0.4) is 0 Å². The minimum absolute atomic E-state index is 0.0660. The highest BCUT2D eigenvalue weighted by Crippen LogP contribution is 2.18. The molecule has 88 valence electrons. The van der Waals surface area contributed by atoms with Crippen LogP contribution in [0.25, 0.3) is 0 Å². The number of hydrogen-bond donors (Lipinski definition) is 0. The van der Waals surface area contributed by atoms with Gasteiger partial charge in [-0.3, -0.25) is 9.59 Å². The molecular formula is C10H17IO4.